The fourth-order valence-corrected chi connectivity index (χ4v) is 7.24. The van der Waals surface area contributed by atoms with E-state index in [1.807, 2.05) is 24.3 Å². The van der Waals surface area contributed by atoms with Crippen LogP contribution in [0.25, 0.3) is 0 Å². The van der Waals surface area contributed by atoms with Gasteiger partial charge in [-0.2, -0.15) is 13.2 Å². The van der Waals surface area contributed by atoms with Crippen molar-refractivity contribution in [1.82, 2.24) is 9.62 Å². The third kappa shape index (κ3) is 7.35. The van der Waals surface area contributed by atoms with Gasteiger partial charge in [-0.15, -0.1) is 0 Å². The lowest BCUT2D eigenvalue weighted by Gasteiger charge is -2.42. The molecule has 3 aromatic carbocycles. The molecule has 5 rings (SSSR count). The number of para-hydroxylation sites is 1. The molecule has 2 atom stereocenters. The van der Waals surface area contributed by atoms with Gasteiger partial charge in [0.05, 0.1) is 16.5 Å². The summed E-state index contributed by atoms with van der Waals surface area (Å²) in [4.78, 5) is 15.4. The Morgan fingerprint density at radius 2 is 1.69 bits per heavy atom. The molecular formula is C33H38F3N3O5S. The molecule has 45 heavy (non-hydrogen) atoms. The normalized spacial score (nSPS) is 20.4. The maximum absolute atomic E-state index is 13.5. The number of aliphatic hydroxyl groups is 1. The first-order valence-electron chi connectivity index (χ1n) is 15.0. The van der Waals surface area contributed by atoms with Crippen LogP contribution in [0, 0.1) is 0 Å². The minimum atomic E-state index is -4.63. The topological polar surface area (TPSA) is 108 Å². The highest BCUT2D eigenvalue weighted by molar-refractivity contribution is 7.89. The van der Waals surface area contributed by atoms with Crippen LogP contribution in [0.3, 0.4) is 0 Å². The number of sulfonamides is 1. The zero-order chi connectivity index (χ0) is 32.6. The van der Waals surface area contributed by atoms with E-state index in [0.29, 0.717) is 30.4 Å². The number of carbonyl (C=O) groups is 1. The van der Waals surface area contributed by atoms with Crippen molar-refractivity contribution in [2.75, 3.05) is 12.4 Å². The molecule has 12 heteroatoms. The second-order valence-electron chi connectivity index (χ2n) is 12.3. The summed E-state index contributed by atoms with van der Waals surface area (Å²) in [5.41, 5.74) is -0.182. The van der Waals surface area contributed by atoms with E-state index in [9.17, 15) is 31.5 Å². The molecule has 0 radical (unpaired) electrons. The summed E-state index contributed by atoms with van der Waals surface area (Å²) in [6.45, 7) is 3.83. The zero-order valence-electron chi connectivity index (χ0n) is 25.4. The number of hydrogen-bond acceptors (Lipinski definition) is 6. The van der Waals surface area contributed by atoms with Gasteiger partial charge in [0.25, 0.3) is 5.91 Å². The van der Waals surface area contributed by atoms with Crippen LogP contribution in [-0.4, -0.2) is 49.1 Å². The minimum Gasteiger partial charge on any atom is -0.485 e. The van der Waals surface area contributed by atoms with Crippen molar-refractivity contribution < 1.29 is 36.2 Å². The van der Waals surface area contributed by atoms with Crippen molar-refractivity contribution >= 4 is 21.6 Å². The number of anilines is 1. The Bertz CT molecular complexity index is 1640. The molecule has 1 saturated carbocycles. The van der Waals surface area contributed by atoms with E-state index in [1.54, 1.807) is 26.0 Å². The summed E-state index contributed by atoms with van der Waals surface area (Å²) < 4.78 is 74.1. The second kappa shape index (κ2) is 12.7. The van der Waals surface area contributed by atoms with Gasteiger partial charge in [-0.3, -0.25) is 9.69 Å². The Balaban J connectivity index is 1.39. The molecule has 3 aromatic rings. The van der Waals surface area contributed by atoms with Gasteiger partial charge < -0.3 is 15.2 Å². The number of amides is 1. The van der Waals surface area contributed by atoms with Crippen molar-refractivity contribution in [2.24, 2.45) is 0 Å². The number of halogens is 3. The highest BCUT2D eigenvalue weighted by Gasteiger charge is 2.45. The first-order chi connectivity index (χ1) is 21.2. The summed E-state index contributed by atoms with van der Waals surface area (Å²) in [5.74, 6) is -0.175. The van der Waals surface area contributed by atoms with Crippen LogP contribution in [0.2, 0.25) is 0 Å². The Hall–Kier alpha value is -3.45. The third-order valence-corrected chi connectivity index (χ3v) is 10.1. The van der Waals surface area contributed by atoms with Crippen LogP contribution < -0.4 is 14.8 Å². The number of hydrogen-bond donors (Lipinski definition) is 3. The van der Waals surface area contributed by atoms with E-state index in [0.717, 1.165) is 30.5 Å². The van der Waals surface area contributed by atoms with E-state index in [-0.39, 0.29) is 16.9 Å². The van der Waals surface area contributed by atoms with Gasteiger partial charge in [0, 0.05) is 29.4 Å². The van der Waals surface area contributed by atoms with Gasteiger partial charge >= 0.3 is 6.18 Å². The number of alkyl halides is 3. The van der Waals surface area contributed by atoms with Crippen LogP contribution in [0.1, 0.15) is 79.0 Å². The predicted molar refractivity (Wildman–Crippen MR) is 164 cm³/mol. The SMILES string of the molecule is CN(Cc1ccccc1NC(=O)c1ccc2c(c1)[C@@H](NS(=O)(=O)c1ccc(C(F)(F)F)cc1)[C@H](O)C(C)(C)O2)C1CCCCC1. The summed E-state index contributed by atoms with van der Waals surface area (Å²) >= 11 is 0. The van der Waals surface area contributed by atoms with Gasteiger partial charge in [-0.05, 0) is 87.8 Å². The predicted octanol–water partition coefficient (Wildman–Crippen LogP) is 6.27. The maximum Gasteiger partial charge on any atom is 0.416 e. The van der Waals surface area contributed by atoms with Crippen molar-refractivity contribution in [1.29, 1.82) is 0 Å². The molecule has 3 N–H and O–H groups in total. The molecule has 1 fully saturated rings. The molecule has 2 aliphatic rings. The lowest BCUT2D eigenvalue weighted by Crippen LogP contribution is -2.53. The Morgan fingerprint density at radius 3 is 2.36 bits per heavy atom. The smallest absolute Gasteiger partial charge is 0.416 e. The number of carbonyl (C=O) groups excluding carboxylic acids is 1. The average molecular weight is 646 g/mol. The van der Waals surface area contributed by atoms with Gasteiger partial charge in [0.2, 0.25) is 10.0 Å². The monoisotopic (exact) mass is 645 g/mol. The molecule has 1 aliphatic heterocycles. The summed E-state index contributed by atoms with van der Waals surface area (Å²) in [7, 11) is -2.30. The first-order valence-corrected chi connectivity index (χ1v) is 16.4. The average Bonchev–Trinajstić information content (AvgIpc) is 3.00. The van der Waals surface area contributed by atoms with Gasteiger partial charge in [0.15, 0.2) is 0 Å². The first kappa shape index (κ1) is 32.9. The third-order valence-electron chi connectivity index (χ3n) is 8.67. The van der Waals surface area contributed by atoms with Crippen LogP contribution in [-0.2, 0) is 22.7 Å². The number of aliphatic hydroxyl groups excluding tert-OH is 1. The van der Waals surface area contributed by atoms with Gasteiger partial charge in [-0.25, -0.2) is 13.1 Å². The second-order valence-corrected chi connectivity index (χ2v) is 14.1. The molecule has 0 bridgehead atoms. The number of rotatable bonds is 8. The van der Waals surface area contributed by atoms with E-state index in [1.165, 1.54) is 25.3 Å². The number of fused-ring (bicyclic) bond motifs is 1. The standard InChI is InChI=1S/C33H38F3N3O5S/c1-32(2)30(40)29(38-45(42,43)25-16-14-23(15-17-25)33(34,35)36)26-19-21(13-18-28(26)44-32)31(41)37-27-12-8-7-9-22(27)20-39(3)24-10-5-4-6-11-24/h7-9,12-19,24,29-30,38,40H,4-6,10-11,20H2,1-3H3,(H,37,41)/t29-,30+/m1/s1. The van der Waals surface area contributed by atoms with Crippen LogP contribution >= 0.6 is 0 Å². The molecule has 0 unspecified atom stereocenters. The summed E-state index contributed by atoms with van der Waals surface area (Å²) in [5, 5.41) is 14.2. The van der Waals surface area contributed by atoms with E-state index < -0.39 is 50.3 Å². The van der Waals surface area contributed by atoms with Crippen molar-refractivity contribution in [2.45, 2.75) is 87.4 Å². The fourth-order valence-electron chi connectivity index (χ4n) is 6.02. The van der Waals surface area contributed by atoms with Crippen LogP contribution in [0.15, 0.2) is 71.6 Å². The summed E-state index contributed by atoms with van der Waals surface area (Å²) in [6.07, 6.45) is -0.0502. The van der Waals surface area contributed by atoms with Gasteiger partial charge in [-0.1, -0.05) is 37.5 Å². The van der Waals surface area contributed by atoms with Crippen LogP contribution in [0.4, 0.5) is 18.9 Å². The van der Waals surface area contributed by atoms with Crippen LogP contribution in [0.5, 0.6) is 5.75 Å². The largest absolute Gasteiger partial charge is 0.485 e. The van der Waals surface area contributed by atoms with Crippen molar-refractivity contribution in [3.8, 4) is 5.75 Å². The molecule has 8 nitrogen and oxygen atoms in total. The van der Waals surface area contributed by atoms with E-state index in [4.69, 9.17) is 4.74 Å². The minimum absolute atomic E-state index is 0.207. The van der Waals surface area contributed by atoms with Gasteiger partial charge in [0.1, 0.15) is 17.5 Å². The highest BCUT2D eigenvalue weighted by Crippen LogP contribution is 2.41. The molecule has 0 spiro atoms. The number of ether oxygens (including phenoxy) is 1. The van der Waals surface area contributed by atoms with Crippen molar-refractivity contribution in [3.05, 3.63) is 89.0 Å². The lowest BCUT2D eigenvalue weighted by molar-refractivity contribution is -0.137. The summed E-state index contributed by atoms with van der Waals surface area (Å²) in [6, 6.07) is 14.4. The Kier molecular flexibility index (Phi) is 9.33. The molecule has 242 valence electrons. The lowest BCUT2D eigenvalue weighted by atomic mass is 9.86. The van der Waals surface area contributed by atoms with E-state index in [2.05, 4.69) is 22.0 Å². The quantitative estimate of drug-likeness (QED) is 0.267. The van der Waals surface area contributed by atoms with E-state index >= 15 is 0 Å². The molecule has 0 aromatic heterocycles. The fraction of sp³-hybridized carbons (Fsp3) is 0.424. The Morgan fingerprint density at radius 1 is 1.02 bits per heavy atom. The molecular weight excluding hydrogens is 607 g/mol. The number of benzene rings is 3. The Labute approximate surface area is 261 Å². The molecule has 0 saturated heterocycles. The number of nitrogens with one attached hydrogen (secondary N) is 2. The number of nitrogens with zero attached hydrogens (tertiary/aromatic N) is 1. The zero-order valence-corrected chi connectivity index (χ0v) is 26.2. The molecule has 1 amide bonds. The highest BCUT2D eigenvalue weighted by atomic mass is 32.2. The van der Waals surface area contributed by atoms with Crippen molar-refractivity contribution in [3.63, 3.8) is 0 Å². The maximum atomic E-state index is 13.5. The molecule has 1 heterocycles. The molecule has 1 aliphatic carbocycles.